The minimum atomic E-state index is -1.09. The Hall–Kier alpha value is -2.18. The molecule has 0 unspecified atom stereocenters. The fraction of sp³-hybridized carbons (Fsp3) is 0.250. The maximum absolute atomic E-state index is 10.6. The van der Waals surface area contributed by atoms with Crippen LogP contribution in [0.3, 0.4) is 0 Å². The second-order valence-corrected chi connectivity index (χ2v) is 3.13. The summed E-state index contributed by atoms with van der Waals surface area (Å²) in [5, 5.41) is 20.0. The SMILES string of the molecule is Cc1nn(C)cc1-n1cc(C(=O)O)nn1. The summed E-state index contributed by atoms with van der Waals surface area (Å²) in [6.07, 6.45) is 3.10. The number of carboxylic acid groups (broad SMARTS) is 1. The topological polar surface area (TPSA) is 85.8 Å². The standard InChI is InChI=1S/C8H9N5O2/c1-5-7(4-12(2)10-5)13-3-6(8(14)15)9-11-13/h3-4H,1-2H3,(H,14,15). The van der Waals surface area contributed by atoms with Crippen LogP contribution in [-0.4, -0.2) is 35.9 Å². The van der Waals surface area contributed by atoms with E-state index in [1.54, 1.807) is 17.9 Å². The first-order valence-corrected chi connectivity index (χ1v) is 4.24. The van der Waals surface area contributed by atoms with Gasteiger partial charge in [-0.2, -0.15) is 5.10 Å². The van der Waals surface area contributed by atoms with E-state index in [2.05, 4.69) is 15.4 Å². The molecule has 7 nitrogen and oxygen atoms in total. The van der Waals surface area contributed by atoms with Crippen molar-refractivity contribution in [3.63, 3.8) is 0 Å². The van der Waals surface area contributed by atoms with Crippen molar-refractivity contribution in [2.75, 3.05) is 0 Å². The second kappa shape index (κ2) is 3.19. The van der Waals surface area contributed by atoms with Crippen LogP contribution in [-0.2, 0) is 7.05 Å². The van der Waals surface area contributed by atoms with Crippen LogP contribution in [0.1, 0.15) is 16.2 Å². The normalized spacial score (nSPS) is 10.5. The van der Waals surface area contributed by atoms with Gasteiger partial charge in [-0.3, -0.25) is 4.68 Å². The average molecular weight is 207 g/mol. The van der Waals surface area contributed by atoms with E-state index in [-0.39, 0.29) is 5.69 Å². The summed E-state index contributed by atoms with van der Waals surface area (Å²) in [4.78, 5) is 10.6. The Bertz CT molecular complexity index is 513. The Balaban J connectivity index is 2.45. The Morgan fingerprint density at radius 2 is 2.20 bits per heavy atom. The van der Waals surface area contributed by atoms with Crippen LogP contribution in [0, 0.1) is 6.92 Å². The summed E-state index contributed by atoms with van der Waals surface area (Å²) in [5.41, 5.74) is 1.40. The molecule has 7 heteroatoms. The Morgan fingerprint density at radius 1 is 1.47 bits per heavy atom. The molecule has 0 atom stereocenters. The van der Waals surface area contributed by atoms with Crippen molar-refractivity contribution < 1.29 is 9.90 Å². The molecule has 2 aromatic rings. The molecule has 0 spiro atoms. The molecule has 0 aromatic carbocycles. The molecule has 0 aliphatic carbocycles. The number of aromatic carboxylic acids is 1. The molecule has 1 N–H and O–H groups in total. The quantitative estimate of drug-likeness (QED) is 0.749. The van der Waals surface area contributed by atoms with Gasteiger partial charge in [-0.15, -0.1) is 5.10 Å². The van der Waals surface area contributed by atoms with E-state index in [9.17, 15) is 4.79 Å². The molecule has 2 aromatic heterocycles. The van der Waals surface area contributed by atoms with Crippen LogP contribution >= 0.6 is 0 Å². The van der Waals surface area contributed by atoms with E-state index in [4.69, 9.17) is 5.11 Å². The zero-order valence-electron chi connectivity index (χ0n) is 8.25. The van der Waals surface area contributed by atoms with E-state index in [0.29, 0.717) is 0 Å². The van der Waals surface area contributed by atoms with Crippen molar-refractivity contribution in [1.29, 1.82) is 0 Å². The van der Waals surface area contributed by atoms with Crippen LogP contribution < -0.4 is 0 Å². The lowest BCUT2D eigenvalue weighted by Crippen LogP contribution is -1.96. The van der Waals surface area contributed by atoms with Gasteiger partial charge in [0.2, 0.25) is 0 Å². The van der Waals surface area contributed by atoms with E-state index in [0.717, 1.165) is 11.4 Å². The molecule has 0 aliphatic rings. The summed E-state index contributed by atoms with van der Waals surface area (Å²) >= 11 is 0. The van der Waals surface area contributed by atoms with E-state index >= 15 is 0 Å². The Morgan fingerprint density at radius 3 is 2.67 bits per heavy atom. The number of rotatable bonds is 2. The van der Waals surface area contributed by atoms with Crippen molar-refractivity contribution >= 4 is 5.97 Å². The monoisotopic (exact) mass is 207 g/mol. The molecule has 0 radical (unpaired) electrons. The van der Waals surface area contributed by atoms with Crippen molar-refractivity contribution in [3.05, 3.63) is 23.8 Å². The van der Waals surface area contributed by atoms with E-state index < -0.39 is 5.97 Å². The van der Waals surface area contributed by atoms with Gasteiger partial charge < -0.3 is 5.11 Å². The molecule has 0 fully saturated rings. The lowest BCUT2D eigenvalue weighted by atomic mass is 10.4. The minimum absolute atomic E-state index is 0.0850. The third kappa shape index (κ3) is 1.58. The highest BCUT2D eigenvalue weighted by Gasteiger charge is 2.12. The van der Waals surface area contributed by atoms with E-state index in [1.807, 2.05) is 6.92 Å². The van der Waals surface area contributed by atoms with Gasteiger partial charge in [-0.25, -0.2) is 9.48 Å². The van der Waals surface area contributed by atoms with Crippen LogP contribution in [0.2, 0.25) is 0 Å². The maximum Gasteiger partial charge on any atom is 0.358 e. The highest BCUT2D eigenvalue weighted by atomic mass is 16.4. The minimum Gasteiger partial charge on any atom is -0.476 e. The summed E-state index contributed by atoms with van der Waals surface area (Å²) < 4.78 is 3.03. The lowest BCUT2D eigenvalue weighted by molar-refractivity contribution is 0.0690. The summed E-state index contributed by atoms with van der Waals surface area (Å²) in [6, 6.07) is 0. The maximum atomic E-state index is 10.6. The van der Waals surface area contributed by atoms with Crippen molar-refractivity contribution in [2.24, 2.45) is 7.05 Å². The summed E-state index contributed by atoms with van der Waals surface area (Å²) in [6.45, 7) is 1.82. The highest BCUT2D eigenvalue weighted by Crippen LogP contribution is 2.10. The number of hydrogen-bond acceptors (Lipinski definition) is 4. The highest BCUT2D eigenvalue weighted by molar-refractivity contribution is 5.84. The third-order valence-corrected chi connectivity index (χ3v) is 1.95. The Kier molecular flexibility index (Phi) is 2.00. The first-order valence-electron chi connectivity index (χ1n) is 4.24. The fourth-order valence-corrected chi connectivity index (χ4v) is 1.29. The predicted octanol–water partition coefficient (Wildman–Crippen LogP) is 0.00742. The molecule has 78 valence electrons. The number of carboxylic acids is 1. The largest absolute Gasteiger partial charge is 0.476 e. The van der Waals surface area contributed by atoms with Crippen LogP contribution in [0.25, 0.3) is 5.69 Å². The third-order valence-electron chi connectivity index (χ3n) is 1.95. The molecular weight excluding hydrogens is 198 g/mol. The molecule has 2 heterocycles. The van der Waals surface area contributed by atoms with Gasteiger partial charge in [0.25, 0.3) is 0 Å². The Labute approximate surface area is 84.9 Å². The zero-order chi connectivity index (χ0) is 11.0. The molecule has 2 rings (SSSR count). The lowest BCUT2D eigenvalue weighted by Gasteiger charge is -1.93. The van der Waals surface area contributed by atoms with Gasteiger partial charge in [0.15, 0.2) is 5.69 Å². The van der Waals surface area contributed by atoms with Crippen molar-refractivity contribution in [3.8, 4) is 5.69 Å². The van der Waals surface area contributed by atoms with Crippen LogP contribution in [0.4, 0.5) is 0 Å². The van der Waals surface area contributed by atoms with Crippen LogP contribution in [0.15, 0.2) is 12.4 Å². The number of aryl methyl sites for hydroxylation is 2. The molecular formula is C8H9N5O2. The molecule has 0 saturated carbocycles. The predicted molar refractivity (Wildman–Crippen MR) is 49.8 cm³/mol. The van der Waals surface area contributed by atoms with Gasteiger partial charge in [-0.1, -0.05) is 5.21 Å². The van der Waals surface area contributed by atoms with E-state index in [1.165, 1.54) is 10.9 Å². The average Bonchev–Trinajstić information content (AvgIpc) is 2.71. The molecule has 0 saturated heterocycles. The zero-order valence-corrected chi connectivity index (χ0v) is 8.25. The molecule has 15 heavy (non-hydrogen) atoms. The van der Waals surface area contributed by atoms with Gasteiger partial charge in [0, 0.05) is 7.05 Å². The number of carbonyl (C=O) groups is 1. The van der Waals surface area contributed by atoms with Crippen molar-refractivity contribution in [1.82, 2.24) is 24.8 Å². The second-order valence-electron chi connectivity index (χ2n) is 3.13. The fourth-order valence-electron chi connectivity index (χ4n) is 1.29. The first kappa shape index (κ1) is 9.38. The number of aromatic nitrogens is 5. The van der Waals surface area contributed by atoms with Gasteiger partial charge in [0.05, 0.1) is 18.1 Å². The summed E-state index contributed by atoms with van der Waals surface area (Å²) in [5.74, 6) is -1.09. The smallest absolute Gasteiger partial charge is 0.358 e. The first-order chi connectivity index (χ1) is 7.08. The van der Waals surface area contributed by atoms with Gasteiger partial charge in [-0.05, 0) is 6.92 Å². The van der Waals surface area contributed by atoms with Gasteiger partial charge >= 0.3 is 5.97 Å². The molecule has 0 amide bonds. The van der Waals surface area contributed by atoms with Gasteiger partial charge in [0.1, 0.15) is 5.69 Å². The van der Waals surface area contributed by atoms with Crippen LogP contribution in [0.5, 0.6) is 0 Å². The number of hydrogen-bond donors (Lipinski definition) is 1. The van der Waals surface area contributed by atoms with Crippen molar-refractivity contribution in [2.45, 2.75) is 6.92 Å². The molecule has 0 aliphatic heterocycles. The number of nitrogens with zero attached hydrogens (tertiary/aromatic N) is 5. The molecule has 0 bridgehead atoms. The summed E-state index contributed by atoms with van der Waals surface area (Å²) in [7, 11) is 1.78.